The minimum atomic E-state index is -0.669. The lowest BCUT2D eigenvalue weighted by Gasteiger charge is -2.33. The van der Waals surface area contributed by atoms with Gasteiger partial charge in [-0.05, 0) is 12.1 Å². The molecule has 158 valence electrons. The fraction of sp³-hybridized carbons (Fsp3) is 0.429. The lowest BCUT2D eigenvalue weighted by molar-refractivity contribution is -0.120. The van der Waals surface area contributed by atoms with Gasteiger partial charge in [-0.2, -0.15) is 4.99 Å². The van der Waals surface area contributed by atoms with Gasteiger partial charge in [0.1, 0.15) is 11.8 Å². The smallest absolute Gasteiger partial charge is 0.243 e. The Morgan fingerprint density at radius 2 is 2.03 bits per heavy atom. The third-order valence-electron chi connectivity index (χ3n) is 5.05. The number of hydrogen-bond donors (Lipinski definition) is 3. The number of aliphatic imine (C=N–C) groups is 2. The lowest BCUT2D eigenvalue weighted by Crippen LogP contribution is -2.53. The number of carbonyl (C=O) groups is 1. The van der Waals surface area contributed by atoms with Crippen molar-refractivity contribution in [3.63, 3.8) is 0 Å². The Labute approximate surface area is 174 Å². The minimum Gasteiger partial charge on any atom is -0.395 e. The standard InChI is InChI=1S/C21H26N6O3/c28-12-9-22-7-8-23-19-18(17-6-5-15-3-1-2-4-16(15)24-17)20(29)26-21(25-19)27-10-13-30-14-11-27/h1-6,18,22,28H,7-14H2,(H,23,25,26,29). The van der Waals surface area contributed by atoms with Crippen LogP contribution in [0.3, 0.4) is 0 Å². The average Bonchev–Trinajstić information content (AvgIpc) is 2.79. The van der Waals surface area contributed by atoms with Gasteiger partial charge in [0, 0.05) is 31.6 Å². The molecule has 1 aromatic carbocycles. The molecule has 30 heavy (non-hydrogen) atoms. The number of amides is 1. The van der Waals surface area contributed by atoms with Crippen LogP contribution >= 0.6 is 0 Å². The zero-order valence-corrected chi connectivity index (χ0v) is 16.8. The van der Waals surface area contributed by atoms with Crippen LogP contribution in [-0.4, -0.2) is 85.2 Å². The summed E-state index contributed by atoms with van der Waals surface area (Å²) in [4.78, 5) is 29.1. The minimum absolute atomic E-state index is 0.0714. The third-order valence-corrected chi connectivity index (χ3v) is 5.05. The van der Waals surface area contributed by atoms with Gasteiger partial charge in [0.2, 0.25) is 11.9 Å². The van der Waals surface area contributed by atoms with Crippen molar-refractivity contribution in [2.75, 3.05) is 52.5 Å². The maximum absolute atomic E-state index is 13.1. The predicted molar refractivity (Wildman–Crippen MR) is 115 cm³/mol. The summed E-state index contributed by atoms with van der Waals surface area (Å²) < 4.78 is 5.40. The Hall–Kier alpha value is -2.88. The van der Waals surface area contributed by atoms with E-state index in [1.807, 2.05) is 41.3 Å². The fourth-order valence-electron chi connectivity index (χ4n) is 3.51. The number of nitrogens with zero attached hydrogens (tertiary/aromatic N) is 4. The highest BCUT2D eigenvalue weighted by atomic mass is 16.5. The van der Waals surface area contributed by atoms with Gasteiger partial charge >= 0.3 is 0 Å². The molecule has 0 saturated carbocycles. The zero-order chi connectivity index (χ0) is 20.8. The van der Waals surface area contributed by atoms with Gasteiger partial charge in [-0.25, -0.2) is 0 Å². The maximum atomic E-state index is 13.1. The van der Waals surface area contributed by atoms with E-state index in [9.17, 15) is 4.79 Å². The number of aliphatic hydroxyl groups excluding tert-OH is 1. The number of nitrogens with one attached hydrogen (secondary N) is 2. The first-order valence-electron chi connectivity index (χ1n) is 10.2. The molecule has 3 heterocycles. The van der Waals surface area contributed by atoms with E-state index in [1.165, 1.54) is 0 Å². The number of pyridine rings is 1. The molecule has 9 heteroatoms. The molecule has 4 rings (SSSR count). The van der Waals surface area contributed by atoms with Crippen LogP contribution in [-0.2, 0) is 9.53 Å². The molecule has 2 aromatic rings. The number of carbonyl (C=O) groups excluding carboxylic acids is 1. The Balaban J connectivity index is 1.64. The van der Waals surface area contributed by atoms with E-state index in [-0.39, 0.29) is 12.5 Å². The van der Waals surface area contributed by atoms with E-state index in [0.717, 1.165) is 10.9 Å². The normalized spacial score (nSPS) is 21.0. The summed E-state index contributed by atoms with van der Waals surface area (Å²) in [6, 6.07) is 11.6. The molecule has 1 fully saturated rings. The van der Waals surface area contributed by atoms with E-state index in [1.54, 1.807) is 0 Å². The molecule has 0 bridgehead atoms. The number of rotatable bonds is 6. The number of para-hydroxylation sites is 1. The first-order valence-corrected chi connectivity index (χ1v) is 10.2. The third kappa shape index (κ3) is 4.64. The number of aromatic nitrogens is 1. The van der Waals surface area contributed by atoms with Crippen LogP contribution in [0, 0.1) is 0 Å². The Morgan fingerprint density at radius 3 is 2.87 bits per heavy atom. The molecule has 1 saturated heterocycles. The predicted octanol–water partition coefficient (Wildman–Crippen LogP) is 0.117. The van der Waals surface area contributed by atoms with Crippen LogP contribution in [0.15, 0.2) is 46.4 Å². The highest BCUT2D eigenvalue weighted by Gasteiger charge is 2.34. The van der Waals surface area contributed by atoms with Crippen molar-refractivity contribution in [2.24, 2.45) is 9.98 Å². The van der Waals surface area contributed by atoms with Crippen molar-refractivity contribution in [2.45, 2.75) is 5.92 Å². The van der Waals surface area contributed by atoms with Crippen molar-refractivity contribution in [1.29, 1.82) is 0 Å². The van der Waals surface area contributed by atoms with Gasteiger partial charge in [0.25, 0.3) is 0 Å². The number of ether oxygens (including phenoxy) is 1. The fourth-order valence-corrected chi connectivity index (χ4v) is 3.51. The van der Waals surface area contributed by atoms with Gasteiger partial charge in [0.15, 0.2) is 0 Å². The monoisotopic (exact) mass is 410 g/mol. The van der Waals surface area contributed by atoms with Gasteiger partial charge < -0.3 is 20.1 Å². The zero-order valence-electron chi connectivity index (χ0n) is 16.8. The van der Waals surface area contributed by atoms with Crippen molar-refractivity contribution in [3.05, 3.63) is 42.1 Å². The molecule has 1 aromatic heterocycles. The molecule has 1 amide bonds. The molecule has 0 aliphatic carbocycles. The van der Waals surface area contributed by atoms with E-state index in [4.69, 9.17) is 19.8 Å². The maximum Gasteiger partial charge on any atom is 0.243 e. The van der Waals surface area contributed by atoms with Crippen molar-refractivity contribution in [3.8, 4) is 0 Å². The van der Waals surface area contributed by atoms with Crippen LogP contribution in [0.2, 0.25) is 0 Å². The molecule has 1 unspecified atom stereocenters. The Bertz CT molecular complexity index is 955. The second-order valence-corrected chi connectivity index (χ2v) is 7.10. The van der Waals surface area contributed by atoms with Crippen molar-refractivity contribution < 1.29 is 14.6 Å². The SMILES string of the molecule is O=C1NC(N2CCOCC2)=NC(=NCCNCCO)C1c1ccc2ccccc2n1. The van der Waals surface area contributed by atoms with Crippen LogP contribution in [0.25, 0.3) is 10.9 Å². The van der Waals surface area contributed by atoms with Crippen LogP contribution in [0.1, 0.15) is 11.6 Å². The second-order valence-electron chi connectivity index (χ2n) is 7.10. The lowest BCUT2D eigenvalue weighted by atomic mass is 10.00. The van der Waals surface area contributed by atoms with E-state index in [0.29, 0.717) is 63.4 Å². The summed E-state index contributed by atoms with van der Waals surface area (Å²) in [7, 11) is 0. The summed E-state index contributed by atoms with van der Waals surface area (Å²) in [5, 5.41) is 15.9. The number of guanidine groups is 1. The summed E-state index contributed by atoms with van der Waals surface area (Å²) in [6.45, 7) is 4.15. The van der Waals surface area contributed by atoms with Crippen LogP contribution in [0.4, 0.5) is 0 Å². The topological polar surface area (TPSA) is 111 Å². The molecule has 9 nitrogen and oxygen atoms in total. The van der Waals surface area contributed by atoms with Crippen LogP contribution in [0.5, 0.6) is 0 Å². The van der Waals surface area contributed by atoms with E-state index < -0.39 is 5.92 Å². The molecule has 0 spiro atoms. The second kappa shape index (κ2) is 9.75. The first kappa shape index (κ1) is 20.4. The van der Waals surface area contributed by atoms with Gasteiger partial charge in [-0.3, -0.25) is 20.1 Å². The number of fused-ring (bicyclic) bond motifs is 1. The molecule has 2 aliphatic heterocycles. The highest BCUT2D eigenvalue weighted by molar-refractivity contribution is 6.20. The van der Waals surface area contributed by atoms with Gasteiger partial charge in [0.05, 0.1) is 37.6 Å². The van der Waals surface area contributed by atoms with Crippen LogP contribution < -0.4 is 10.6 Å². The van der Waals surface area contributed by atoms with E-state index in [2.05, 4.69) is 15.6 Å². The number of morpholine rings is 1. The molecule has 0 radical (unpaired) electrons. The summed E-state index contributed by atoms with van der Waals surface area (Å²) in [5.74, 6) is 0.116. The van der Waals surface area contributed by atoms with Crippen molar-refractivity contribution in [1.82, 2.24) is 20.5 Å². The molecule has 3 N–H and O–H groups in total. The number of amidine groups is 1. The highest BCUT2D eigenvalue weighted by Crippen LogP contribution is 2.23. The summed E-state index contributed by atoms with van der Waals surface area (Å²) in [6.07, 6.45) is 0. The summed E-state index contributed by atoms with van der Waals surface area (Å²) in [5.41, 5.74) is 1.45. The Kier molecular flexibility index (Phi) is 6.63. The quantitative estimate of drug-likeness (QED) is 0.583. The van der Waals surface area contributed by atoms with E-state index >= 15 is 0 Å². The molecule has 1 atom stereocenters. The Morgan fingerprint density at radius 1 is 1.20 bits per heavy atom. The van der Waals surface area contributed by atoms with Crippen molar-refractivity contribution >= 4 is 28.6 Å². The molecule has 2 aliphatic rings. The molecular weight excluding hydrogens is 384 g/mol. The summed E-state index contributed by atoms with van der Waals surface area (Å²) >= 11 is 0. The first-order chi connectivity index (χ1) is 14.8. The number of hydrogen-bond acceptors (Lipinski definition) is 7. The number of benzene rings is 1. The van der Waals surface area contributed by atoms with Gasteiger partial charge in [-0.1, -0.05) is 24.3 Å². The number of aliphatic hydroxyl groups is 1. The van der Waals surface area contributed by atoms with Gasteiger partial charge in [-0.15, -0.1) is 0 Å². The average molecular weight is 410 g/mol. The molecular formula is C21H26N6O3. The largest absolute Gasteiger partial charge is 0.395 e.